The summed E-state index contributed by atoms with van der Waals surface area (Å²) in [7, 11) is 0. The highest BCUT2D eigenvalue weighted by atomic mass is 127. The largest absolute Gasteiger partial charge is 0.396 e. The Morgan fingerprint density at radius 1 is 1.12 bits per heavy atom. The van der Waals surface area contributed by atoms with Crippen LogP contribution in [-0.2, 0) is 0 Å². The molecule has 3 N–H and O–H groups in total. The number of benzene rings is 1. The van der Waals surface area contributed by atoms with Gasteiger partial charge in [0, 0.05) is 25.0 Å². The molecule has 0 saturated carbocycles. The zero-order valence-corrected chi connectivity index (χ0v) is 18.4. The van der Waals surface area contributed by atoms with Crippen LogP contribution < -0.4 is 10.6 Å². The van der Waals surface area contributed by atoms with Crippen LogP contribution in [0.5, 0.6) is 0 Å². The fourth-order valence-corrected chi connectivity index (χ4v) is 2.76. The van der Waals surface area contributed by atoms with E-state index in [0.29, 0.717) is 12.6 Å². The van der Waals surface area contributed by atoms with Crippen molar-refractivity contribution < 1.29 is 5.11 Å². The first-order valence-electron chi connectivity index (χ1n) is 9.08. The molecule has 0 aliphatic heterocycles. The third kappa shape index (κ3) is 8.87. The lowest BCUT2D eigenvalue weighted by molar-refractivity contribution is 0.236. The Balaban J connectivity index is 0.00000576. The van der Waals surface area contributed by atoms with Gasteiger partial charge in [0.15, 0.2) is 5.96 Å². The van der Waals surface area contributed by atoms with Gasteiger partial charge in [-0.15, -0.1) is 24.0 Å². The third-order valence-corrected chi connectivity index (χ3v) is 4.30. The van der Waals surface area contributed by atoms with Gasteiger partial charge in [0.05, 0.1) is 13.2 Å². The van der Waals surface area contributed by atoms with E-state index in [0.717, 1.165) is 37.7 Å². The third-order valence-electron chi connectivity index (χ3n) is 4.30. The maximum absolute atomic E-state index is 9.67. The summed E-state index contributed by atoms with van der Waals surface area (Å²) in [5, 5.41) is 16.3. The molecule has 1 aromatic rings. The van der Waals surface area contributed by atoms with Crippen LogP contribution in [-0.4, -0.2) is 61.3 Å². The summed E-state index contributed by atoms with van der Waals surface area (Å²) in [6.45, 7) is 13.1. The van der Waals surface area contributed by atoms with Gasteiger partial charge in [-0.3, -0.25) is 9.89 Å². The summed E-state index contributed by atoms with van der Waals surface area (Å²) in [5.74, 6) is 0.876. The van der Waals surface area contributed by atoms with Gasteiger partial charge in [-0.1, -0.05) is 44.2 Å². The van der Waals surface area contributed by atoms with Gasteiger partial charge >= 0.3 is 0 Å². The number of hydrogen-bond donors (Lipinski definition) is 3. The second kappa shape index (κ2) is 14.3. The Morgan fingerprint density at radius 2 is 1.76 bits per heavy atom. The first kappa shape index (κ1) is 24.1. The molecule has 0 spiro atoms. The first-order chi connectivity index (χ1) is 11.7. The predicted octanol–water partition coefficient (Wildman–Crippen LogP) is 2.67. The molecule has 2 atom stereocenters. The highest BCUT2D eigenvalue weighted by Crippen LogP contribution is 2.13. The molecule has 2 unspecified atom stereocenters. The zero-order valence-electron chi connectivity index (χ0n) is 16.0. The van der Waals surface area contributed by atoms with Crippen molar-refractivity contribution in [1.82, 2.24) is 15.5 Å². The maximum Gasteiger partial charge on any atom is 0.191 e. The SMILES string of the molecule is CCNC(=NCC(C)N(CC)CC)NCC(CO)c1ccccc1.I. The second-order valence-electron chi connectivity index (χ2n) is 5.96. The normalized spacial score (nSPS) is 13.9. The van der Waals surface area contributed by atoms with Crippen LogP contribution >= 0.6 is 24.0 Å². The molecule has 1 aromatic carbocycles. The standard InChI is InChI=1S/C19H34N4O.HI/c1-5-20-19(21-13-16(4)23(6-2)7-3)22-14-18(15-24)17-11-9-8-10-12-17;/h8-12,16,18,24H,5-7,13-15H2,1-4H3,(H2,20,21,22);1H. The fraction of sp³-hybridized carbons (Fsp3) is 0.632. The Labute approximate surface area is 170 Å². The van der Waals surface area contributed by atoms with E-state index in [9.17, 15) is 5.11 Å². The first-order valence-corrected chi connectivity index (χ1v) is 9.08. The summed E-state index contributed by atoms with van der Waals surface area (Å²) in [5.41, 5.74) is 1.14. The molecule has 25 heavy (non-hydrogen) atoms. The number of nitrogens with one attached hydrogen (secondary N) is 2. The summed E-state index contributed by atoms with van der Waals surface area (Å²) in [4.78, 5) is 7.10. The van der Waals surface area contributed by atoms with E-state index >= 15 is 0 Å². The summed E-state index contributed by atoms with van der Waals surface area (Å²) < 4.78 is 0. The Hall–Kier alpha value is -0.860. The molecule has 0 saturated heterocycles. The average Bonchev–Trinajstić information content (AvgIpc) is 2.62. The average molecular weight is 462 g/mol. The lowest BCUT2D eigenvalue weighted by atomic mass is 10.0. The number of aliphatic imine (C=N–C) groups is 1. The lowest BCUT2D eigenvalue weighted by Gasteiger charge is -2.25. The Kier molecular flexibility index (Phi) is 13.8. The minimum Gasteiger partial charge on any atom is -0.396 e. The smallest absolute Gasteiger partial charge is 0.191 e. The highest BCUT2D eigenvalue weighted by Gasteiger charge is 2.12. The van der Waals surface area contributed by atoms with E-state index in [4.69, 9.17) is 4.99 Å². The van der Waals surface area contributed by atoms with Gasteiger partial charge in [-0.05, 0) is 32.5 Å². The molecule has 0 fully saturated rings. The number of halogens is 1. The highest BCUT2D eigenvalue weighted by molar-refractivity contribution is 14.0. The number of hydrogen-bond acceptors (Lipinski definition) is 3. The van der Waals surface area contributed by atoms with Crippen LogP contribution in [0, 0.1) is 0 Å². The zero-order chi connectivity index (χ0) is 17.8. The van der Waals surface area contributed by atoms with Gasteiger partial charge in [0.2, 0.25) is 0 Å². The van der Waals surface area contributed by atoms with Crippen molar-refractivity contribution >= 4 is 29.9 Å². The van der Waals surface area contributed by atoms with Crippen molar-refractivity contribution in [3.63, 3.8) is 0 Å². The Bertz CT molecular complexity index is 466. The minimum atomic E-state index is 0. The van der Waals surface area contributed by atoms with Crippen LogP contribution in [0.3, 0.4) is 0 Å². The van der Waals surface area contributed by atoms with Crippen LogP contribution in [0.4, 0.5) is 0 Å². The van der Waals surface area contributed by atoms with Crippen LogP contribution in [0.1, 0.15) is 39.2 Å². The second-order valence-corrected chi connectivity index (χ2v) is 5.96. The fourth-order valence-electron chi connectivity index (χ4n) is 2.76. The van der Waals surface area contributed by atoms with Crippen molar-refractivity contribution in [3.8, 4) is 0 Å². The monoisotopic (exact) mass is 462 g/mol. The van der Waals surface area contributed by atoms with E-state index < -0.39 is 0 Å². The number of rotatable bonds is 10. The van der Waals surface area contributed by atoms with E-state index in [-0.39, 0.29) is 36.5 Å². The van der Waals surface area contributed by atoms with Crippen molar-refractivity contribution in [3.05, 3.63) is 35.9 Å². The van der Waals surface area contributed by atoms with Gasteiger partial charge in [-0.2, -0.15) is 0 Å². The topological polar surface area (TPSA) is 59.9 Å². The quantitative estimate of drug-likeness (QED) is 0.284. The summed E-state index contributed by atoms with van der Waals surface area (Å²) >= 11 is 0. The van der Waals surface area contributed by atoms with Crippen LogP contribution in [0.15, 0.2) is 35.3 Å². The van der Waals surface area contributed by atoms with Gasteiger partial charge in [-0.25, -0.2) is 0 Å². The predicted molar refractivity (Wildman–Crippen MR) is 118 cm³/mol. The number of aliphatic hydroxyl groups excluding tert-OH is 1. The molecular weight excluding hydrogens is 427 g/mol. The molecule has 0 aliphatic rings. The molecular formula is C19H35IN4O. The van der Waals surface area contributed by atoms with Gasteiger partial charge < -0.3 is 15.7 Å². The number of nitrogens with zero attached hydrogens (tertiary/aromatic N) is 2. The Morgan fingerprint density at radius 3 is 2.28 bits per heavy atom. The number of aliphatic hydroxyl groups is 1. The molecule has 1 rings (SSSR count). The van der Waals surface area contributed by atoms with Crippen LogP contribution in [0.25, 0.3) is 0 Å². The molecule has 0 aliphatic carbocycles. The lowest BCUT2D eigenvalue weighted by Crippen LogP contribution is -2.41. The van der Waals surface area contributed by atoms with E-state index in [1.165, 1.54) is 0 Å². The van der Waals surface area contributed by atoms with E-state index in [2.05, 4.69) is 55.4 Å². The molecule has 0 radical (unpaired) electrons. The van der Waals surface area contributed by atoms with Crippen molar-refractivity contribution in [2.75, 3.05) is 39.3 Å². The van der Waals surface area contributed by atoms with Gasteiger partial charge in [0.25, 0.3) is 0 Å². The molecule has 0 amide bonds. The van der Waals surface area contributed by atoms with Crippen molar-refractivity contribution in [2.24, 2.45) is 4.99 Å². The molecule has 144 valence electrons. The van der Waals surface area contributed by atoms with E-state index in [1.807, 2.05) is 18.2 Å². The summed E-state index contributed by atoms with van der Waals surface area (Å²) in [6.07, 6.45) is 0. The van der Waals surface area contributed by atoms with E-state index in [1.54, 1.807) is 0 Å². The molecule has 0 aromatic heterocycles. The molecule has 6 heteroatoms. The number of likely N-dealkylation sites (N-methyl/N-ethyl adjacent to an activating group) is 1. The van der Waals surface area contributed by atoms with Crippen molar-refractivity contribution in [2.45, 2.75) is 39.7 Å². The number of guanidine groups is 1. The molecule has 5 nitrogen and oxygen atoms in total. The minimum absolute atomic E-state index is 0. The maximum atomic E-state index is 9.67. The van der Waals surface area contributed by atoms with Crippen molar-refractivity contribution in [1.29, 1.82) is 0 Å². The van der Waals surface area contributed by atoms with Crippen LogP contribution in [0.2, 0.25) is 0 Å². The summed E-state index contributed by atoms with van der Waals surface area (Å²) in [6, 6.07) is 10.5. The molecule has 0 heterocycles. The van der Waals surface area contributed by atoms with Gasteiger partial charge in [0.1, 0.15) is 0 Å². The molecule has 0 bridgehead atoms.